The van der Waals surface area contributed by atoms with Crippen molar-refractivity contribution in [2.75, 3.05) is 6.61 Å². The standard InChI is InChI=1S/C26H30N4O2/c1-26-14-19(15-27)24(29-22-8-5-11-28-16-22)13-21(26)10-9-20(26)12-23(30-25(32)17-31)18-6-3-2-4-7-18/h2-8,11,13,15-16,19-20,23,27,31H,9-10,12,14,17H2,1H3,(H,30,32). The van der Waals surface area contributed by atoms with Crippen LogP contribution in [-0.4, -0.2) is 34.5 Å². The Morgan fingerprint density at radius 1 is 1.34 bits per heavy atom. The number of hydrogen-bond acceptors (Lipinski definition) is 5. The highest BCUT2D eigenvalue weighted by Crippen LogP contribution is 2.56. The Balaban J connectivity index is 1.61. The lowest BCUT2D eigenvalue weighted by molar-refractivity contribution is -0.124. The Bertz CT molecular complexity index is 1020. The van der Waals surface area contributed by atoms with Crippen LogP contribution in [0.1, 0.15) is 44.2 Å². The summed E-state index contributed by atoms with van der Waals surface area (Å²) in [5, 5.41) is 20.3. The maximum Gasteiger partial charge on any atom is 0.246 e. The number of rotatable bonds is 7. The van der Waals surface area contributed by atoms with E-state index in [0.29, 0.717) is 5.92 Å². The first-order chi connectivity index (χ1) is 15.5. The summed E-state index contributed by atoms with van der Waals surface area (Å²) >= 11 is 0. The van der Waals surface area contributed by atoms with Crippen LogP contribution in [0.15, 0.2) is 71.5 Å². The fourth-order valence-corrected chi connectivity index (χ4v) is 5.27. The van der Waals surface area contributed by atoms with Gasteiger partial charge in [0.1, 0.15) is 6.61 Å². The van der Waals surface area contributed by atoms with E-state index in [0.717, 1.165) is 42.6 Å². The molecule has 0 aliphatic heterocycles. The Labute approximate surface area is 189 Å². The number of aromatic nitrogens is 1. The SMILES string of the molecule is CC12CC(C=N)C(=Nc3cccnc3)C=C1CCC2CC(NC(=O)CO)c1ccccc1. The van der Waals surface area contributed by atoms with Gasteiger partial charge in [0.15, 0.2) is 0 Å². The number of benzene rings is 1. The number of fused-ring (bicyclic) bond motifs is 1. The Kier molecular flexibility index (Phi) is 6.61. The molecule has 2 aromatic rings. The molecule has 1 aromatic heterocycles. The lowest BCUT2D eigenvalue weighted by Gasteiger charge is -2.40. The van der Waals surface area contributed by atoms with Crippen LogP contribution in [-0.2, 0) is 4.79 Å². The zero-order valence-corrected chi connectivity index (χ0v) is 18.4. The lowest BCUT2D eigenvalue weighted by Crippen LogP contribution is -2.37. The van der Waals surface area contributed by atoms with Crippen molar-refractivity contribution in [1.29, 1.82) is 5.41 Å². The molecule has 166 valence electrons. The van der Waals surface area contributed by atoms with Gasteiger partial charge in [0.25, 0.3) is 0 Å². The van der Waals surface area contributed by atoms with Crippen LogP contribution in [0.3, 0.4) is 0 Å². The summed E-state index contributed by atoms with van der Waals surface area (Å²) in [4.78, 5) is 21.0. The van der Waals surface area contributed by atoms with Crippen LogP contribution in [0.2, 0.25) is 0 Å². The molecule has 1 heterocycles. The van der Waals surface area contributed by atoms with E-state index in [4.69, 9.17) is 10.4 Å². The summed E-state index contributed by atoms with van der Waals surface area (Å²) < 4.78 is 0. The fraction of sp³-hybridized carbons (Fsp3) is 0.385. The van der Waals surface area contributed by atoms with Gasteiger partial charge < -0.3 is 15.8 Å². The number of pyridine rings is 1. The summed E-state index contributed by atoms with van der Waals surface area (Å²) in [5.41, 5.74) is 4.11. The highest BCUT2D eigenvalue weighted by Gasteiger charge is 2.47. The molecule has 0 bridgehead atoms. The van der Waals surface area contributed by atoms with Gasteiger partial charge in [-0.25, -0.2) is 0 Å². The molecule has 4 atom stereocenters. The molecule has 1 saturated carbocycles. The van der Waals surface area contributed by atoms with Gasteiger partial charge in [0, 0.05) is 24.0 Å². The second-order valence-electron chi connectivity index (χ2n) is 8.97. The van der Waals surface area contributed by atoms with Gasteiger partial charge in [-0.1, -0.05) is 42.8 Å². The molecule has 1 aromatic carbocycles. The van der Waals surface area contributed by atoms with Gasteiger partial charge in [-0.2, -0.15) is 0 Å². The summed E-state index contributed by atoms with van der Waals surface area (Å²) in [6, 6.07) is 13.6. The first-order valence-corrected chi connectivity index (χ1v) is 11.2. The molecular formula is C26H30N4O2. The predicted molar refractivity (Wildman–Crippen MR) is 126 cm³/mol. The van der Waals surface area contributed by atoms with E-state index in [1.54, 1.807) is 12.4 Å². The summed E-state index contributed by atoms with van der Waals surface area (Å²) in [5.74, 6) is -0.0447. The number of nitrogens with zero attached hydrogens (tertiary/aromatic N) is 2. The van der Waals surface area contributed by atoms with E-state index in [1.807, 2.05) is 42.5 Å². The third-order valence-electron chi connectivity index (χ3n) is 7.05. The van der Waals surface area contributed by atoms with Crippen molar-refractivity contribution in [1.82, 2.24) is 10.3 Å². The Morgan fingerprint density at radius 3 is 2.84 bits per heavy atom. The molecule has 3 N–H and O–H groups in total. The van der Waals surface area contributed by atoms with Crippen LogP contribution in [0, 0.1) is 22.7 Å². The second kappa shape index (κ2) is 9.57. The summed E-state index contributed by atoms with van der Waals surface area (Å²) in [6.45, 7) is 1.78. The highest BCUT2D eigenvalue weighted by atomic mass is 16.3. The lowest BCUT2D eigenvalue weighted by atomic mass is 9.65. The van der Waals surface area contributed by atoms with E-state index >= 15 is 0 Å². The number of allylic oxidation sites excluding steroid dienone is 2. The normalized spacial score (nSPS) is 26.8. The van der Waals surface area contributed by atoms with Crippen molar-refractivity contribution >= 4 is 23.5 Å². The van der Waals surface area contributed by atoms with E-state index in [9.17, 15) is 9.90 Å². The predicted octanol–water partition coefficient (Wildman–Crippen LogP) is 4.41. The highest BCUT2D eigenvalue weighted by molar-refractivity contribution is 6.07. The molecule has 0 saturated heterocycles. The van der Waals surface area contributed by atoms with Gasteiger partial charge in [-0.05, 0) is 60.8 Å². The topological polar surface area (TPSA) is 98.4 Å². The van der Waals surface area contributed by atoms with E-state index < -0.39 is 6.61 Å². The summed E-state index contributed by atoms with van der Waals surface area (Å²) in [7, 11) is 0. The summed E-state index contributed by atoms with van der Waals surface area (Å²) in [6.07, 6.45) is 10.8. The number of nitrogens with one attached hydrogen (secondary N) is 2. The Morgan fingerprint density at radius 2 is 2.16 bits per heavy atom. The number of aliphatic imine (C=N–C) groups is 1. The number of hydrogen-bond donors (Lipinski definition) is 3. The zero-order valence-electron chi connectivity index (χ0n) is 18.4. The third kappa shape index (κ3) is 4.55. The van der Waals surface area contributed by atoms with E-state index in [-0.39, 0.29) is 23.3 Å². The maximum absolute atomic E-state index is 12.0. The minimum atomic E-state index is -0.513. The van der Waals surface area contributed by atoms with Crippen molar-refractivity contribution in [2.45, 2.75) is 38.6 Å². The molecule has 32 heavy (non-hydrogen) atoms. The number of aliphatic hydroxyl groups excluding tert-OH is 1. The largest absolute Gasteiger partial charge is 0.387 e. The molecule has 6 nitrogen and oxygen atoms in total. The molecule has 4 rings (SSSR count). The van der Waals surface area contributed by atoms with Crippen molar-refractivity contribution < 1.29 is 9.90 Å². The molecule has 2 aliphatic carbocycles. The van der Waals surface area contributed by atoms with Gasteiger partial charge >= 0.3 is 0 Å². The second-order valence-corrected chi connectivity index (χ2v) is 8.97. The van der Waals surface area contributed by atoms with Gasteiger partial charge in [-0.15, -0.1) is 0 Å². The van der Waals surface area contributed by atoms with Crippen LogP contribution >= 0.6 is 0 Å². The smallest absolute Gasteiger partial charge is 0.246 e. The molecule has 0 radical (unpaired) electrons. The molecule has 0 spiro atoms. The number of amides is 1. The first-order valence-electron chi connectivity index (χ1n) is 11.2. The first kappa shape index (κ1) is 22.1. The van der Waals surface area contributed by atoms with Gasteiger partial charge in [0.2, 0.25) is 5.91 Å². The van der Waals surface area contributed by atoms with Crippen LogP contribution in [0.25, 0.3) is 0 Å². The third-order valence-corrected chi connectivity index (χ3v) is 7.05. The minimum absolute atomic E-state index is 0.0485. The minimum Gasteiger partial charge on any atom is -0.387 e. The van der Waals surface area contributed by atoms with Crippen molar-refractivity contribution in [3.8, 4) is 0 Å². The van der Waals surface area contributed by atoms with E-state index in [1.165, 1.54) is 11.8 Å². The fourth-order valence-electron chi connectivity index (χ4n) is 5.27. The van der Waals surface area contributed by atoms with Gasteiger partial charge in [0.05, 0.1) is 17.9 Å². The average molecular weight is 431 g/mol. The van der Waals surface area contributed by atoms with Crippen LogP contribution in [0.5, 0.6) is 0 Å². The van der Waals surface area contributed by atoms with Crippen LogP contribution in [0.4, 0.5) is 5.69 Å². The number of carbonyl (C=O) groups is 1. The average Bonchev–Trinajstić information content (AvgIpc) is 3.14. The molecule has 1 fully saturated rings. The van der Waals surface area contributed by atoms with Gasteiger partial charge in [-0.3, -0.25) is 14.8 Å². The molecule has 2 aliphatic rings. The van der Waals surface area contributed by atoms with E-state index in [2.05, 4.69) is 23.3 Å². The molecular weight excluding hydrogens is 400 g/mol. The Hall–Kier alpha value is -3.12. The molecule has 4 unspecified atom stereocenters. The zero-order chi connectivity index (χ0) is 22.6. The number of carbonyl (C=O) groups excluding carboxylic acids is 1. The maximum atomic E-state index is 12.0. The van der Waals surface area contributed by atoms with Crippen molar-refractivity contribution in [2.24, 2.45) is 22.2 Å². The monoisotopic (exact) mass is 430 g/mol. The van der Waals surface area contributed by atoms with Crippen molar-refractivity contribution in [3.63, 3.8) is 0 Å². The molecule has 1 amide bonds. The van der Waals surface area contributed by atoms with Crippen molar-refractivity contribution in [3.05, 3.63) is 72.1 Å². The number of aliphatic hydroxyl groups is 1. The quantitative estimate of drug-likeness (QED) is 0.568. The van der Waals surface area contributed by atoms with Crippen LogP contribution < -0.4 is 5.32 Å². The molecule has 6 heteroatoms.